The Morgan fingerprint density at radius 3 is 2.50 bits per heavy atom. The summed E-state index contributed by atoms with van der Waals surface area (Å²) in [4.78, 5) is 22.3. The molecule has 94 valence electrons. The number of rotatable bonds is 7. The van der Waals surface area contributed by atoms with E-state index in [1.165, 1.54) is 6.92 Å². The maximum atomic E-state index is 11.5. The number of carbonyl (C=O) groups excluding carboxylic acids is 2. The zero-order valence-corrected chi connectivity index (χ0v) is 10.6. The number of nitrogens with one attached hydrogen (secondary N) is 2. The topological polar surface area (TPSA) is 78.4 Å². The summed E-state index contributed by atoms with van der Waals surface area (Å²) in [6, 6.07) is -0.590. The lowest BCUT2D eigenvalue weighted by Gasteiger charge is -2.15. The van der Waals surface area contributed by atoms with Crippen LogP contribution < -0.4 is 10.6 Å². The molecule has 3 N–H and O–H groups in total. The molecule has 0 spiro atoms. The first-order valence-electron chi connectivity index (χ1n) is 5.31. The van der Waals surface area contributed by atoms with Crippen molar-refractivity contribution in [2.75, 3.05) is 12.3 Å². The highest BCUT2D eigenvalue weighted by atomic mass is 32.1. The highest BCUT2D eigenvalue weighted by Crippen LogP contribution is 1.94. The van der Waals surface area contributed by atoms with Crippen LogP contribution in [0.5, 0.6) is 0 Å². The summed E-state index contributed by atoms with van der Waals surface area (Å²) >= 11 is 3.99. The molecule has 16 heavy (non-hydrogen) atoms. The van der Waals surface area contributed by atoms with Gasteiger partial charge >= 0.3 is 0 Å². The number of hydrogen-bond acceptors (Lipinski definition) is 4. The van der Waals surface area contributed by atoms with Crippen LogP contribution in [0.25, 0.3) is 0 Å². The van der Waals surface area contributed by atoms with Crippen molar-refractivity contribution in [3.8, 4) is 0 Å². The van der Waals surface area contributed by atoms with Gasteiger partial charge in [-0.2, -0.15) is 12.6 Å². The van der Waals surface area contributed by atoms with Crippen molar-refractivity contribution in [2.24, 2.45) is 0 Å². The molecule has 2 atom stereocenters. The van der Waals surface area contributed by atoms with Crippen molar-refractivity contribution in [3.05, 3.63) is 0 Å². The molecule has 0 bridgehead atoms. The molecule has 0 aliphatic heterocycles. The molecule has 2 unspecified atom stereocenters. The third-order valence-corrected chi connectivity index (χ3v) is 2.34. The lowest BCUT2D eigenvalue weighted by molar-refractivity contribution is -0.127. The van der Waals surface area contributed by atoms with Crippen molar-refractivity contribution >= 4 is 24.4 Å². The van der Waals surface area contributed by atoms with E-state index in [0.29, 0.717) is 19.4 Å². The standard InChI is InChI=1S/C10H20N2O3S/c1-7(13)4-3-5-11-10(15)9(6-16)12-8(2)14/h7,9,13,16H,3-6H2,1-2H3,(H,11,15)(H,12,14). The first-order valence-corrected chi connectivity index (χ1v) is 5.94. The summed E-state index contributed by atoms with van der Waals surface area (Å²) in [6.45, 7) is 3.56. The van der Waals surface area contributed by atoms with Crippen LogP contribution >= 0.6 is 12.6 Å². The molecule has 0 aliphatic carbocycles. The minimum absolute atomic E-state index is 0.240. The number of carbonyl (C=O) groups is 2. The lowest BCUT2D eigenvalue weighted by Crippen LogP contribution is -2.47. The molecule has 0 rings (SSSR count). The van der Waals surface area contributed by atoms with E-state index >= 15 is 0 Å². The lowest BCUT2D eigenvalue weighted by atomic mass is 10.2. The molecule has 6 heteroatoms. The van der Waals surface area contributed by atoms with E-state index in [-0.39, 0.29) is 23.7 Å². The van der Waals surface area contributed by atoms with Gasteiger partial charge in [0.2, 0.25) is 11.8 Å². The minimum atomic E-state index is -0.590. The molecule has 0 radical (unpaired) electrons. The Labute approximate surface area is 101 Å². The van der Waals surface area contributed by atoms with Gasteiger partial charge in [-0.3, -0.25) is 9.59 Å². The van der Waals surface area contributed by atoms with Crippen molar-refractivity contribution in [2.45, 2.75) is 38.8 Å². The van der Waals surface area contributed by atoms with Crippen molar-refractivity contribution in [1.82, 2.24) is 10.6 Å². The second-order valence-corrected chi connectivity index (χ2v) is 4.08. The van der Waals surface area contributed by atoms with Gasteiger partial charge in [0.05, 0.1) is 6.10 Å². The molecular formula is C10H20N2O3S. The van der Waals surface area contributed by atoms with E-state index in [1.54, 1.807) is 6.92 Å². The molecule has 0 saturated heterocycles. The zero-order valence-electron chi connectivity index (χ0n) is 9.69. The van der Waals surface area contributed by atoms with Gasteiger partial charge in [0.15, 0.2) is 0 Å². The van der Waals surface area contributed by atoms with E-state index < -0.39 is 6.04 Å². The van der Waals surface area contributed by atoms with Gasteiger partial charge in [0.25, 0.3) is 0 Å². The second kappa shape index (κ2) is 8.41. The van der Waals surface area contributed by atoms with Gasteiger partial charge in [-0.05, 0) is 19.8 Å². The zero-order chi connectivity index (χ0) is 12.6. The summed E-state index contributed by atoms with van der Waals surface area (Å²) in [5, 5.41) is 14.2. The largest absolute Gasteiger partial charge is 0.393 e. The Kier molecular flexibility index (Phi) is 8.01. The average molecular weight is 248 g/mol. The summed E-state index contributed by atoms with van der Waals surface area (Å²) in [7, 11) is 0. The van der Waals surface area contributed by atoms with Gasteiger partial charge in [0.1, 0.15) is 6.04 Å². The summed E-state index contributed by atoms with van der Waals surface area (Å²) in [6.07, 6.45) is 1.00. The monoisotopic (exact) mass is 248 g/mol. The van der Waals surface area contributed by atoms with Crippen LogP contribution in [0.15, 0.2) is 0 Å². The van der Waals surface area contributed by atoms with Gasteiger partial charge in [-0.1, -0.05) is 0 Å². The summed E-state index contributed by atoms with van der Waals surface area (Å²) in [5.74, 6) is -0.226. The highest BCUT2D eigenvalue weighted by molar-refractivity contribution is 7.80. The molecule has 0 aliphatic rings. The fraction of sp³-hybridized carbons (Fsp3) is 0.800. The Balaban J connectivity index is 3.80. The third kappa shape index (κ3) is 7.53. The SMILES string of the molecule is CC(=O)NC(CS)C(=O)NCCCC(C)O. The number of hydrogen-bond donors (Lipinski definition) is 4. The van der Waals surface area contributed by atoms with Crippen LogP contribution in [0.3, 0.4) is 0 Å². The van der Waals surface area contributed by atoms with Gasteiger partial charge < -0.3 is 15.7 Å². The number of amides is 2. The fourth-order valence-corrected chi connectivity index (χ4v) is 1.43. The van der Waals surface area contributed by atoms with Crippen LogP contribution in [0, 0.1) is 0 Å². The number of aliphatic hydroxyl groups is 1. The summed E-state index contributed by atoms with van der Waals surface area (Å²) in [5.41, 5.74) is 0. The van der Waals surface area contributed by atoms with Gasteiger partial charge in [0, 0.05) is 19.2 Å². The number of aliphatic hydroxyl groups excluding tert-OH is 1. The van der Waals surface area contributed by atoms with Crippen molar-refractivity contribution in [3.63, 3.8) is 0 Å². The second-order valence-electron chi connectivity index (χ2n) is 3.72. The van der Waals surface area contributed by atoms with Crippen LogP contribution in [0.1, 0.15) is 26.7 Å². The molecule has 0 aromatic rings. The highest BCUT2D eigenvalue weighted by Gasteiger charge is 2.16. The Morgan fingerprint density at radius 1 is 1.44 bits per heavy atom. The van der Waals surface area contributed by atoms with Crippen LogP contribution in [-0.2, 0) is 9.59 Å². The molecule has 0 heterocycles. The average Bonchev–Trinajstić information content (AvgIpc) is 2.20. The normalized spacial score (nSPS) is 14.0. The maximum absolute atomic E-state index is 11.5. The molecular weight excluding hydrogens is 228 g/mol. The molecule has 0 saturated carbocycles. The maximum Gasteiger partial charge on any atom is 0.243 e. The fourth-order valence-electron chi connectivity index (χ4n) is 1.17. The quantitative estimate of drug-likeness (QED) is 0.369. The summed E-state index contributed by atoms with van der Waals surface area (Å²) < 4.78 is 0. The Hall–Kier alpha value is -0.750. The van der Waals surface area contributed by atoms with E-state index in [9.17, 15) is 9.59 Å². The molecule has 0 aromatic carbocycles. The third-order valence-electron chi connectivity index (χ3n) is 1.97. The minimum Gasteiger partial charge on any atom is -0.393 e. The van der Waals surface area contributed by atoms with E-state index in [4.69, 9.17) is 5.11 Å². The molecule has 2 amide bonds. The van der Waals surface area contributed by atoms with E-state index in [1.807, 2.05) is 0 Å². The van der Waals surface area contributed by atoms with E-state index in [2.05, 4.69) is 23.3 Å². The van der Waals surface area contributed by atoms with Crippen molar-refractivity contribution in [1.29, 1.82) is 0 Å². The number of thiol groups is 1. The molecule has 5 nitrogen and oxygen atoms in total. The smallest absolute Gasteiger partial charge is 0.243 e. The van der Waals surface area contributed by atoms with E-state index in [0.717, 1.165) is 0 Å². The Bertz CT molecular complexity index is 234. The van der Waals surface area contributed by atoms with Gasteiger partial charge in [-0.25, -0.2) is 0 Å². The predicted molar refractivity (Wildman–Crippen MR) is 65.4 cm³/mol. The van der Waals surface area contributed by atoms with Gasteiger partial charge in [-0.15, -0.1) is 0 Å². The van der Waals surface area contributed by atoms with Crippen LogP contribution in [-0.4, -0.2) is 41.4 Å². The van der Waals surface area contributed by atoms with Crippen LogP contribution in [0.4, 0.5) is 0 Å². The molecule has 0 aromatic heterocycles. The van der Waals surface area contributed by atoms with Crippen molar-refractivity contribution < 1.29 is 14.7 Å². The predicted octanol–water partition coefficient (Wildman–Crippen LogP) is -0.302. The Morgan fingerprint density at radius 2 is 2.06 bits per heavy atom. The first-order chi connectivity index (χ1) is 7.47. The van der Waals surface area contributed by atoms with Crippen LogP contribution in [0.2, 0.25) is 0 Å². The first kappa shape index (κ1) is 15.2. The molecule has 0 fully saturated rings.